The number of carbonyl (C=O) groups excluding carboxylic acids is 1. The molecule has 15 heteroatoms. The zero-order chi connectivity index (χ0) is 27.8. The molecule has 0 fully saturated rings. The Morgan fingerprint density at radius 2 is 1.68 bits per heavy atom. The van der Waals surface area contributed by atoms with Crippen LogP contribution in [0.3, 0.4) is 0 Å². The highest BCUT2D eigenvalue weighted by molar-refractivity contribution is 7.89. The third kappa shape index (κ3) is 6.89. The van der Waals surface area contributed by atoms with Gasteiger partial charge in [0.25, 0.3) is 5.91 Å². The van der Waals surface area contributed by atoms with Gasteiger partial charge in [0, 0.05) is 22.3 Å². The normalized spacial score (nSPS) is 12.8. The van der Waals surface area contributed by atoms with Crippen molar-refractivity contribution in [2.75, 3.05) is 6.26 Å². The van der Waals surface area contributed by atoms with Gasteiger partial charge in [0.2, 0.25) is 10.0 Å². The molecule has 3 aromatic rings. The van der Waals surface area contributed by atoms with Crippen LogP contribution in [0.2, 0.25) is 5.02 Å². The van der Waals surface area contributed by atoms with E-state index in [9.17, 15) is 44.8 Å². The lowest BCUT2D eigenvalue weighted by atomic mass is 10.1. The lowest BCUT2D eigenvalue weighted by Gasteiger charge is -2.14. The summed E-state index contributed by atoms with van der Waals surface area (Å²) in [6, 6.07) is 8.15. The van der Waals surface area contributed by atoms with Gasteiger partial charge in [0.05, 0.1) is 23.1 Å². The van der Waals surface area contributed by atoms with Crippen LogP contribution >= 0.6 is 11.6 Å². The SMILES string of the molecule is CS(=O)(=O)NC(=O)/C(C#N)=C/c1cn(-c2cc(C(F)(F)F)cc(C(F)(F)F)c2)nc1-c1cccc(Cl)c1. The third-order valence-corrected chi connectivity index (χ3v) is 5.41. The Balaban J connectivity index is 2.28. The largest absolute Gasteiger partial charge is 0.416 e. The molecule has 0 aliphatic heterocycles. The Labute approximate surface area is 210 Å². The van der Waals surface area contributed by atoms with Gasteiger partial charge in [0.1, 0.15) is 17.3 Å². The number of nitrogens with one attached hydrogen (secondary N) is 1. The molecule has 7 nitrogen and oxygen atoms in total. The second kappa shape index (κ2) is 9.91. The summed E-state index contributed by atoms with van der Waals surface area (Å²) in [5, 5.41) is 13.6. The number of alkyl halides is 6. The number of nitrogens with zero attached hydrogens (tertiary/aromatic N) is 3. The van der Waals surface area contributed by atoms with Crippen LogP contribution in [-0.4, -0.2) is 30.4 Å². The van der Waals surface area contributed by atoms with Crippen molar-refractivity contribution in [1.29, 1.82) is 5.26 Å². The molecule has 1 amide bonds. The molecular weight excluding hydrogens is 550 g/mol. The third-order valence-electron chi connectivity index (χ3n) is 4.62. The fourth-order valence-electron chi connectivity index (χ4n) is 3.08. The zero-order valence-electron chi connectivity index (χ0n) is 18.3. The van der Waals surface area contributed by atoms with E-state index in [1.54, 1.807) is 4.72 Å². The van der Waals surface area contributed by atoms with E-state index in [-0.39, 0.29) is 27.9 Å². The summed E-state index contributed by atoms with van der Waals surface area (Å²) < 4.78 is 105. The molecule has 1 heterocycles. The van der Waals surface area contributed by atoms with E-state index in [4.69, 9.17) is 11.6 Å². The average molecular weight is 563 g/mol. The van der Waals surface area contributed by atoms with Crippen molar-refractivity contribution in [3.05, 3.63) is 75.9 Å². The number of hydrogen-bond acceptors (Lipinski definition) is 5. The van der Waals surface area contributed by atoms with Gasteiger partial charge < -0.3 is 0 Å². The average Bonchev–Trinajstić information content (AvgIpc) is 3.18. The van der Waals surface area contributed by atoms with Crippen LogP contribution < -0.4 is 4.72 Å². The van der Waals surface area contributed by atoms with Crippen LogP contribution in [0.15, 0.2) is 54.2 Å². The van der Waals surface area contributed by atoms with Crippen LogP contribution in [0.1, 0.15) is 16.7 Å². The maximum absolute atomic E-state index is 13.3. The van der Waals surface area contributed by atoms with E-state index in [2.05, 4.69) is 5.10 Å². The van der Waals surface area contributed by atoms with Gasteiger partial charge in [-0.15, -0.1) is 0 Å². The maximum Gasteiger partial charge on any atom is 0.416 e. The molecule has 1 N–H and O–H groups in total. The Morgan fingerprint density at radius 1 is 1.08 bits per heavy atom. The highest BCUT2D eigenvalue weighted by atomic mass is 35.5. The van der Waals surface area contributed by atoms with E-state index in [1.165, 1.54) is 30.3 Å². The predicted molar refractivity (Wildman–Crippen MR) is 121 cm³/mol. The van der Waals surface area contributed by atoms with E-state index in [1.807, 2.05) is 0 Å². The lowest BCUT2D eigenvalue weighted by Crippen LogP contribution is -2.30. The molecule has 194 valence electrons. The molecule has 37 heavy (non-hydrogen) atoms. The van der Waals surface area contributed by atoms with Crippen molar-refractivity contribution in [2.45, 2.75) is 12.4 Å². The van der Waals surface area contributed by atoms with E-state index >= 15 is 0 Å². The van der Waals surface area contributed by atoms with Gasteiger partial charge in [-0.25, -0.2) is 17.8 Å². The van der Waals surface area contributed by atoms with Crippen LogP contribution in [0.4, 0.5) is 26.3 Å². The monoisotopic (exact) mass is 562 g/mol. The van der Waals surface area contributed by atoms with Crippen molar-refractivity contribution < 1.29 is 39.6 Å². The number of benzene rings is 2. The summed E-state index contributed by atoms with van der Waals surface area (Å²) in [6.07, 6.45) is -7.69. The van der Waals surface area contributed by atoms with Gasteiger partial charge in [-0.2, -0.15) is 36.7 Å². The molecule has 0 spiro atoms. The van der Waals surface area contributed by atoms with Crippen molar-refractivity contribution in [2.24, 2.45) is 0 Å². The Hall–Kier alpha value is -3.83. The van der Waals surface area contributed by atoms with Gasteiger partial charge in [-0.05, 0) is 36.4 Å². The zero-order valence-corrected chi connectivity index (χ0v) is 19.9. The van der Waals surface area contributed by atoms with Gasteiger partial charge in [-0.3, -0.25) is 4.79 Å². The Bertz CT molecular complexity index is 1520. The summed E-state index contributed by atoms with van der Waals surface area (Å²) in [6.45, 7) is 0. The van der Waals surface area contributed by atoms with Crippen molar-refractivity contribution in [1.82, 2.24) is 14.5 Å². The Morgan fingerprint density at radius 3 is 2.16 bits per heavy atom. The van der Waals surface area contributed by atoms with Gasteiger partial charge in [0.15, 0.2) is 0 Å². The van der Waals surface area contributed by atoms with E-state index in [0.29, 0.717) is 23.1 Å². The highest BCUT2D eigenvalue weighted by Gasteiger charge is 2.37. The number of sulfonamides is 1. The minimum atomic E-state index is -5.11. The fraction of sp³-hybridized carbons (Fsp3) is 0.136. The first-order chi connectivity index (χ1) is 17.0. The Kier molecular flexibility index (Phi) is 7.43. The predicted octanol–water partition coefficient (Wildman–Crippen LogP) is 5.21. The maximum atomic E-state index is 13.3. The van der Waals surface area contributed by atoms with Crippen molar-refractivity contribution >= 4 is 33.6 Å². The van der Waals surface area contributed by atoms with E-state index < -0.39 is 50.7 Å². The molecule has 0 unspecified atom stereocenters. The van der Waals surface area contributed by atoms with E-state index in [0.717, 1.165) is 12.3 Å². The van der Waals surface area contributed by atoms with Gasteiger partial charge >= 0.3 is 12.4 Å². The molecule has 0 saturated carbocycles. The summed E-state index contributed by atoms with van der Waals surface area (Å²) in [4.78, 5) is 12.2. The lowest BCUT2D eigenvalue weighted by molar-refractivity contribution is -0.143. The van der Waals surface area contributed by atoms with Gasteiger partial charge in [-0.1, -0.05) is 23.7 Å². The fourth-order valence-corrected chi connectivity index (χ4v) is 3.72. The summed E-state index contributed by atoms with van der Waals surface area (Å²) in [7, 11) is -4.06. The van der Waals surface area contributed by atoms with Crippen molar-refractivity contribution in [3.63, 3.8) is 0 Å². The molecule has 1 aromatic heterocycles. The first-order valence-electron chi connectivity index (χ1n) is 9.77. The number of aromatic nitrogens is 2. The number of halogens is 7. The molecule has 0 aliphatic rings. The highest BCUT2D eigenvalue weighted by Crippen LogP contribution is 2.37. The van der Waals surface area contributed by atoms with Crippen LogP contribution in [0.5, 0.6) is 0 Å². The number of rotatable bonds is 5. The number of nitriles is 1. The van der Waals surface area contributed by atoms with Crippen molar-refractivity contribution in [3.8, 4) is 23.0 Å². The number of carbonyl (C=O) groups is 1. The quantitative estimate of drug-likeness (QED) is 0.261. The minimum absolute atomic E-state index is 0.0466. The van der Waals surface area contributed by atoms with Crippen LogP contribution in [-0.2, 0) is 27.2 Å². The first-order valence-corrected chi connectivity index (χ1v) is 12.0. The summed E-state index contributed by atoms with van der Waals surface area (Å²) in [5.74, 6) is -1.31. The molecule has 0 radical (unpaired) electrons. The molecule has 0 bridgehead atoms. The summed E-state index contributed by atoms with van der Waals surface area (Å²) >= 11 is 5.99. The van der Waals surface area contributed by atoms with Crippen LogP contribution in [0, 0.1) is 11.3 Å². The second-order valence-corrected chi connectivity index (χ2v) is 9.71. The molecule has 2 aromatic carbocycles. The first kappa shape index (κ1) is 27.8. The summed E-state index contributed by atoms with van der Waals surface area (Å²) in [5.41, 5.74) is -4.46. The topological polar surface area (TPSA) is 105 Å². The second-order valence-electron chi connectivity index (χ2n) is 7.53. The van der Waals surface area contributed by atoms with Crippen LogP contribution in [0.25, 0.3) is 23.0 Å². The minimum Gasteiger partial charge on any atom is -0.267 e. The molecule has 3 rings (SSSR count). The smallest absolute Gasteiger partial charge is 0.267 e. The number of amides is 1. The molecule has 0 saturated heterocycles. The standard InChI is InChI=1S/C22H13ClF6N4O3S/c1-37(35,36)32-20(34)13(10-30)5-14-11-33(31-19(14)12-3-2-4-17(23)6-12)18-8-15(21(24,25)26)7-16(9-18)22(27,28)29/h2-9,11H,1H3,(H,32,34)/b13-5+. The number of hydrogen-bond donors (Lipinski definition) is 1. The molecular formula is C22H13ClF6N4O3S. The molecule has 0 aliphatic carbocycles. The molecule has 0 atom stereocenters.